The van der Waals surface area contributed by atoms with Crippen LogP contribution in [-0.2, 0) is 0 Å². The second-order valence-corrected chi connectivity index (χ2v) is 3.93. The Morgan fingerprint density at radius 3 is 2.72 bits per heavy atom. The van der Waals surface area contributed by atoms with Crippen LogP contribution in [0, 0.1) is 0 Å². The highest BCUT2D eigenvalue weighted by Crippen LogP contribution is 2.07. The number of hydrazone groups is 1. The molecule has 0 bridgehead atoms. The molecule has 1 heterocycles. The first kappa shape index (κ1) is 12.3. The molecule has 18 heavy (non-hydrogen) atoms. The van der Waals surface area contributed by atoms with E-state index in [2.05, 4.69) is 15.5 Å². The van der Waals surface area contributed by atoms with Gasteiger partial charge in [-0.25, -0.2) is 5.43 Å². The number of hydrogen-bond donors (Lipinski definition) is 1. The molecular weight excluding hydrogens is 250 g/mol. The molecule has 0 fully saturated rings. The van der Waals surface area contributed by atoms with Gasteiger partial charge in [-0.1, -0.05) is 23.7 Å². The van der Waals surface area contributed by atoms with Crippen LogP contribution in [0.4, 0.5) is 0 Å². The third kappa shape index (κ3) is 3.40. The second-order valence-electron chi connectivity index (χ2n) is 3.49. The molecule has 0 aliphatic carbocycles. The number of carbonyl (C=O) groups excluding carboxylic acids is 1. The predicted octanol–water partition coefficient (Wildman–Crippen LogP) is 2.50. The predicted molar refractivity (Wildman–Crippen MR) is 70.7 cm³/mol. The van der Waals surface area contributed by atoms with Gasteiger partial charge in [0.15, 0.2) is 0 Å². The largest absolute Gasteiger partial charge is 0.272 e. The molecule has 0 aliphatic rings. The summed E-state index contributed by atoms with van der Waals surface area (Å²) in [6.07, 6.45) is 4.63. The number of hydrogen-bond acceptors (Lipinski definition) is 3. The normalized spacial score (nSPS) is 10.5. The Morgan fingerprint density at radius 1 is 1.28 bits per heavy atom. The standard InChI is InChI=1S/C13H10ClN3O/c14-12-5-3-10(4-6-12)8-16-17-13(18)11-2-1-7-15-9-11/h1-9H,(H,17,18)/b16-8+. The summed E-state index contributed by atoms with van der Waals surface area (Å²) in [4.78, 5) is 15.5. The van der Waals surface area contributed by atoms with Gasteiger partial charge >= 0.3 is 0 Å². The van der Waals surface area contributed by atoms with E-state index in [1.807, 2.05) is 12.1 Å². The summed E-state index contributed by atoms with van der Waals surface area (Å²) in [5, 5.41) is 4.51. The average molecular weight is 260 g/mol. The molecule has 2 rings (SSSR count). The molecule has 1 aromatic heterocycles. The first-order valence-electron chi connectivity index (χ1n) is 5.25. The van der Waals surface area contributed by atoms with Crippen LogP contribution in [-0.4, -0.2) is 17.1 Å². The molecule has 1 aromatic carbocycles. The molecule has 0 atom stereocenters. The van der Waals surface area contributed by atoms with Crippen molar-refractivity contribution in [1.29, 1.82) is 0 Å². The van der Waals surface area contributed by atoms with Gasteiger partial charge in [-0.3, -0.25) is 9.78 Å². The van der Waals surface area contributed by atoms with Crippen molar-refractivity contribution in [2.24, 2.45) is 5.10 Å². The Bertz CT molecular complexity index is 552. The fraction of sp³-hybridized carbons (Fsp3) is 0. The highest BCUT2D eigenvalue weighted by Gasteiger charge is 2.01. The van der Waals surface area contributed by atoms with Crippen molar-refractivity contribution >= 4 is 23.7 Å². The Kier molecular flexibility index (Phi) is 4.04. The number of halogens is 1. The molecule has 0 aliphatic heterocycles. The van der Waals surface area contributed by atoms with Crippen LogP contribution in [0.3, 0.4) is 0 Å². The van der Waals surface area contributed by atoms with Gasteiger partial charge < -0.3 is 0 Å². The summed E-state index contributed by atoms with van der Waals surface area (Å²) in [7, 11) is 0. The van der Waals surface area contributed by atoms with E-state index in [0.29, 0.717) is 10.6 Å². The minimum absolute atomic E-state index is 0.298. The number of amides is 1. The van der Waals surface area contributed by atoms with E-state index < -0.39 is 0 Å². The van der Waals surface area contributed by atoms with Crippen molar-refractivity contribution in [2.45, 2.75) is 0 Å². The molecule has 2 aromatic rings. The lowest BCUT2D eigenvalue weighted by Gasteiger charge is -1.98. The Labute approximate surface area is 109 Å². The van der Waals surface area contributed by atoms with Crippen LogP contribution in [0.15, 0.2) is 53.9 Å². The van der Waals surface area contributed by atoms with E-state index in [0.717, 1.165) is 5.56 Å². The third-order valence-electron chi connectivity index (χ3n) is 2.17. The van der Waals surface area contributed by atoms with Gasteiger partial charge in [-0.2, -0.15) is 5.10 Å². The molecule has 0 saturated heterocycles. The summed E-state index contributed by atoms with van der Waals surface area (Å²) >= 11 is 5.76. The van der Waals surface area contributed by atoms with Crippen LogP contribution in [0.5, 0.6) is 0 Å². The average Bonchev–Trinajstić information content (AvgIpc) is 2.42. The molecule has 0 spiro atoms. The van der Waals surface area contributed by atoms with Crippen LogP contribution in [0.25, 0.3) is 0 Å². The SMILES string of the molecule is O=C(N/N=C/c1ccc(Cl)cc1)c1cccnc1. The van der Waals surface area contributed by atoms with E-state index in [-0.39, 0.29) is 5.91 Å². The smallest absolute Gasteiger partial charge is 0.267 e. The number of nitrogens with one attached hydrogen (secondary N) is 1. The maximum Gasteiger partial charge on any atom is 0.272 e. The highest BCUT2D eigenvalue weighted by atomic mass is 35.5. The van der Waals surface area contributed by atoms with Crippen LogP contribution in [0.1, 0.15) is 15.9 Å². The fourth-order valence-corrected chi connectivity index (χ4v) is 1.40. The molecular formula is C13H10ClN3O. The molecule has 5 heteroatoms. The lowest BCUT2D eigenvalue weighted by Crippen LogP contribution is -2.17. The number of aromatic nitrogens is 1. The van der Waals surface area contributed by atoms with Crippen molar-refractivity contribution in [3.63, 3.8) is 0 Å². The topological polar surface area (TPSA) is 54.4 Å². The van der Waals surface area contributed by atoms with E-state index in [9.17, 15) is 4.79 Å². The van der Waals surface area contributed by atoms with E-state index in [4.69, 9.17) is 11.6 Å². The van der Waals surface area contributed by atoms with E-state index in [1.54, 1.807) is 36.7 Å². The molecule has 0 unspecified atom stereocenters. The minimum Gasteiger partial charge on any atom is -0.267 e. The zero-order valence-corrected chi connectivity index (χ0v) is 10.1. The Hall–Kier alpha value is -2.20. The second kappa shape index (κ2) is 5.93. The number of nitrogens with zero attached hydrogens (tertiary/aromatic N) is 2. The zero-order chi connectivity index (χ0) is 12.8. The molecule has 90 valence electrons. The van der Waals surface area contributed by atoms with Crippen molar-refractivity contribution in [1.82, 2.24) is 10.4 Å². The number of rotatable bonds is 3. The molecule has 0 radical (unpaired) electrons. The van der Waals surface area contributed by atoms with Gasteiger partial charge in [-0.15, -0.1) is 0 Å². The van der Waals surface area contributed by atoms with Gasteiger partial charge in [-0.05, 0) is 29.8 Å². The maximum atomic E-state index is 11.6. The monoisotopic (exact) mass is 259 g/mol. The van der Waals surface area contributed by atoms with E-state index >= 15 is 0 Å². The summed E-state index contributed by atoms with van der Waals surface area (Å²) in [6, 6.07) is 10.5. The zero-order valence-electron chi connectivity index (χ0n) is 9.38. The van der Waals surface area contributed by atoms with Crippen molar-refractivity contribution < 1.29 is 4.79 Å². The molecule has 0 saturated carbocycles. The van der Waals surface area contributed by atoms with Gasteiger partial charge in [0.2, 0.25) is 0 Å². The van der Waals surface area contributed by atoms with Crippen LogP contribution in [0.2, 0.25) is 5.02 Å². The minimum atomic E-state index is -0.298. The maximum absolute atomic E-state index is 11.6. The van der Waals surface area contributed by atoms with Crippen LogP contribution >= 0.6 is 11.6 Å². The Morgan fingerprint density at radius 2 is 2.06 bits per heavy atom. The van der Waals surface area contributed by atoms with Crippen molar-refractivity contribution in [3.8, 4) is 0 Å². The Balaban J connectivity index is 1.96. The van der Waals surface area contributed by atoms with Gasteiger partial charge in [0.1, 0.15) is 0 Å². The summed E-state index contributed by atoms with van der Waals surface area (Å²) in [5.41, 5.74) is 3.74. The number of carbonyl (C=O) groups is 1. The van der Waals surface area contributed by atoms with Crippen LogP contribution < -0.4 is 5.43 Å². The van der Waals surface area contributed by atoms with Gasteiger partial charge in [0.25, 0.3) is 5.91 Å². The lowest BCUT2D eigenvalue weighted by atomic mass is 10.2. The van der Waals surface area contributed by atoms with Gasteiger partial charge in [0, 0.05) is 17.4 Å². The molecule has 1 amide bonds. The fourth-order valence-electron chi connectivity index (χ4n) is 1.28. The molecule has 4 nitrogen and oxygen atoms in total. The first-order valence-corrected chi connectivity index (χ1v) is 5.62. The van der Waals surface area contributed by atoms with Crippen molar-refractivity contribution in [2.75, 3.05) is 0 Å². The van der Waals surface area contributed by atoms with E-state index in [1.165, 1.54) is 6.20 Å². The third-order valence-corrected chi connectivity index (χ3v) is 2.43. The summed E-state index contributed by atoms with van der Waals surface area (Å²) in [5.74, 6) is -0.298. The highest BCUT2D eigenvalue weighted by molar-refractivity contribution is 6.30. The number of benzene rings is 1. The van der Waals surface area contributed by atoms with Crippen molar-refractivity contribution in [3.05, 3.63) is 64.9 Å². The lowest BCUT2D eigenvalue weighted by molar-refractivity contribution is 0.0955. The summed E-state index contributed by atoms with van der Waals surface area (Å²) in [6.45, 7) is 0. The molecule has 1 N–H and O–H groups in total. The number of pyridine rings is 1. The quantitative estimate of drug-likeness (QED) is 0.680. The first-order chi connectivity index (χ1) is 8.75. The van der Waals surface area contributed by atoms with Gasteiger partial charge in [0.05, 0.1) is 11.8 Å². The summed E-state index contributed by atoms with van der Waals surface area (Å²) < 4.78 is 0.